The summed E-state index contributed by atoms with van der Waals surface area (Å²) in [5.41, 5.74) is 5.04. The average molecular weight is 240 g/mol. The van der Waals surface area contributed by atoms with Crippen LogP contribution in [0.4, 0.5) is 0 Å². The number of nitrogens with two attached hydrogens (primary N) is 1. The highest BCUT2D eigenvalue weighted by Gasteiger charge is 2.19. The number of aliphatic imine (C=N–C) groups is 1. The number of nitroso groups, excluding NO2 is 1. The van der Waals surface area contributed by atoms with Gasteiger partial charge < -0.3 is 15.8 Å². The predicted molar refractivity (Wildman–Crippen MR) is 44.9 cm³/mol. The summed E-state index contributed by atoms with van der Waals surface area (Å²) in [6, 6.07) is 0. The number of alkyl halides is 1. The van der Waals surface area contributed by atoms with Crippen LogP contribution in [0.2, 0.25) is 0 Å². The van der Waals surface area contributed by atoms with Crippen molar-refractivity contribution in [1.29, 1.82) is 0 Å². The number of nitro groups is 1. The summed E-state index contributed by atoms with van der Waals surface area (Å²) in [6.45, 7) is 0.242. The van der Waals surface area contributed by atoms with E-state index in [1.54, 1.807) is 0 Å². The maximum atomic E-state index is 10.0. The number of hydrogen-bond donors (Lipinski definition) is 1. The van der Waals surface area contributed by atoms with Gasteiger partial charge in [0.15, 0.2) is 0 Å². The second-order valence-electron chi connectivity index (χ2n) is 1.54. The first-order valence-corrected chi connectivity index (χ1v) is 3.89. The highest BCUT2D eigenvalue weighted by atomic mass is 79.9. The van der Waals surface area contributed by atoms with E-state index in [9.17, 15) is 15.0 Å². The number of hydrogen-bond acceptors (Lipinski definition) is 5. The summed E-state index contributed by atoms with van der Waals surface area (Å²) >= 11 is 3.03. The van der Waals surface area contributed by atoms with Crippen LogP contribution in [0.5, 0.6) is 0 Å². The normalized spacial score (nSPS) is 10.9. The third-order valence-electron chi connectivity index (χ3n) is 0.795. The Morgan fingerprint density at radius 1 is 1.75 bits per heavy atom. The maximum absolute atomic E-state index is 10.0. The molecule has 0 atom stereocenters. The van der Waals surface area contributed by atoms with Gasteiger partial charge in [0.05, 0.1) is 11.6 Å². The topological polar surface area (TPSA) is 114 Å². The lowest BCUT2D eigenvalue weighted by Gasteiger charge is -2.02. The molecule has 0 radical (unpaired) electrons. The van der Waals surface area contributed by atoms with Crippen LogP contribution in [0, 0.1) is 15.0 Å². The van der Waals surface area contributed by atoms with Crippen LogP contribution < -0.4 is 5.73 Å². The first-order chi connectivity index (χ1) is 5.63. The fraction of sp³-hybridized carbons (Fsp3) is 0.667. The Labute approximate surface area is 75.6 Å². The Hall–Kier alpha value is -1.25. The SMILES string of the molecule is NC(=NCCBr)N(N=O)[N+](=O)[O-]. The smallest absolute Gasteiger partial charge is 0.318 e. The third kappa shape index (κ3) is 3.23. The molecule has 0 aromatic carbocycles. The van der Waals surface area contributed by atoms with E-state index < -0.39 is 11.0 Å². The zero-order valence-electron chi connectivity index (χ0n) is 5.88. The molecule has 0 saturated heterocycles. The minimum absolute atomic E-state index is 0.136. The molecule has 0 unspecified atom stereocenters. The van der Waals surface area contributed by atoms with E-state index in [1.807, 2.05) is 0 Å². The van der Waals surface area contributed by atoms with Crippen LogP contribution in [-0.4, -0.2) is 28.0 Å². The summed E-state index contributed by atoms with van der Waals surface area (Å²) in [7, 11) is 0. The average Bonchev–Trinajstić information content (AvgIpc) is 2.01. The van der Waals surface area contributed by atoms with Crippen LogP contribution in [0.3, 0.4) is 0 Å². The van der Waals surface area contributed by atoms with E-state index in [0.717, 1.165) is 0 Å². The molecule has 68 valence electrons. The van der Waals surface area contributed by atoms with Gasteiger partial charge in [-0.2, -0.15) is 0 Å². The second kappa shape index (κ2) is 5.41. The Bertz CT molecular complexity index is 206. The lowest BCUT2D eigenvalue weighted by atomic mass is 10.8. The van der Waals surface area contributed by atoms with Gasteiger partial charge in [-0.1, -0.05) is 15.9 Å². The lowest BCUT2D eigenvalue weighted by Crippen LogP contribution is -2.37. The monoisotopic (exact) mass is 239 g/mol. The predicted octanol–water partition coefficient (Wildman–Crippen LogP) is -0.129. The zero-order chi connectivity index (χ0) is 9.56. The van der Waals surface area contributed by atoms with Crippen molar-refractivity contribution in [3.8, 4) is 0 Å². The molecule has 0 saturated carbocycles. The van der Waals surface area contributed by atoms with Crippen molar-refractivity contribution >= 4 is 21.9 Å². The number of guanidine groups is 1. The number of hydrazine groups is 1. The number of rotatable bonds is 4. The molecule has 0 rings (SSSR count). The van der Waals surface area contributed by atoms with Gasteiger partial charge in [0.2, 0.25) is 0 Å². The molecule has 0 aliphatic heterocycles. The van der Waals surface area contributed by atoms with Crippen molar-refractivity contribution in [3.05, 3.63) is 15.0 Å². The van der Waals surface area contributed by atoms with E-state index in [-0.39, 0.29) is 11.7 Å². The highest BCUT2D eigenvalue weighted by Crippen LogP contribution is 1.89. The van der Waals surface area contributed by atoms with Crippen molar-refractivity contribution in [2.75, 3.05) is 11.9 Å². The van der Waals surface area contributed by atoms with Gasteiger partial charge >= 0.3 is 5.29 Å². The molecular formula is C3H6BrN5O3. The molecule has 12 heavy (non-hydrogen) atoms. The Kier molecular flexibility index (Phi) is 4.84. The first kappa shape index (κ1) is 10.8. The molecule has 0 aromatic heterocycles. The molecule has 0 bridgehead atoms. The third-order valence-corrected chi connectivity index (χ3v) is 1.15. The Morgan fingerprint density at radius 3 is 2.67 bits per heavy atom. The molecule has 2 N–H and O–H groups in total. The molecule has 0 aliphatic rings. The van der Waals surface area contributed by atoms with Gasteiger partial charge in [0, 0.05) is 10.2 Å². The maximum Gasteiger partial charge on any atom is 0.318 e. The summed E-state index contributed by atoms with van der Waals surface area (Å²) in [5.74, 6) is -0.533. The van der Waals surface area contributed by atoms with Crippen LogP contribution >= 0.6 is 15.9 Å². The highest BCUT2D eigenvalue weighted by molar-refractivity contribution is 9.09. The van der Waals surface area contributed by atoms with Crippen LogP contribution in [0.25, 0.3) is 0 Å². The Balaban J connectivity index is 4.30. The minimum Gasteiger partial charge on any atom is -0.363 e. The fourth-order valence-electron chi connectivity index (χ4n) is 0.375. The van der Waals surface area contributed by atoms with Crippen molar-refractivity contribution in [3.63, 3.8) is 0 Å². The van der Waals surface area contributed by atoms with E-state index in [2.05, 4.69) is 26.2 Å². The van der Waals surface area contributed by atoms with Gasteiger partial charge in [0.1, 0.15) is 5.12 Å². The Morgan fingerprint density at radius 2 is 2.33 bits per heavy atom. The quantitative estimate of drug-likeness (QED) is 0.183. The lowest BCUT2D eigenvalue weighted by molar-refractivity contribution is -0.631. The zero-order valence-corrected chi connectivity index (χ0v) is 7.47. The molecule has 0 aliphatic carbocycles. The second-order valence-corrected chi connectivity index (χ2v) is 2.33. The largest absolute Gasteiger partial charge is 0.363 e. The van der Waals surface area contributed by atoms with E-state index >= 15 is 0 Å². The van der Waals surface area contributed by atoms with Gasteiger partial charge in [0.25, 0.3) is 5.96 Å². The molecule has 0 fully saturated rings. The van der Waals surface area contributed by atoms with E-state index in [4.69, 9.17) is 5.73 Å². The van der Waals surface area contributed by atoms with Crippen LogP contribution in [0.15, 0.2) is 10.3 Å². The number of nitrogens with zero attached hydrogens (tertiary/aromatic N) is 4. The van der Waals surface area contributed by atoms with Gasteiger partial charge in [-0.05, 0) is 0 Å². The van der Waals surface area contributed by atoms with Crippen molar-refractivity contribution in [2.45, 2.75) is 0 Å². The summed E-state index contributed by atoms with van der Waals surface area (Å²) in [6.07, 6.45) is 0. The summed E-state index contributed by atoms with van der Waals surface area (Å²) < 4.78 is 0. The van der Waals surface area contributed by atoms with Gasteiger partial charge in [-0.25, -0.2) is 4.99 Å². The summed E-state index contributed by atoms with van der Waals surface area (Å²) in [4.78, 5) is 23.3. The van der Waals surface area contributed by atoms with Crippen molar-refractivity contribution < 1.29 is 5.03 Å². The molecule has 9 heteroatoms. The van der Waals surface area contributed by atoms with Crippen molar-refractivity contribution in [2.24, 2.45) is 16.0 Å². The molecule has 0 amide bonds. The molecule has 8 nitrogen and oxygen atoms in total. The standard InChI is InChI=1S/C3H6BrN5O3/c4-1-2-6-3(5)8(7-10)9(11)12/h1-2H2,(H2,5,6). The van der Waals surface area contributed by atoms with Gasteiger partial charge in [-0.3, -0.25) is 0 Å². The minimum atomic E-state index is -1.06. The molecule has 0 spiro atoms. The fourth-order valence-corrected chi connectivity index (χ4v) is 0.553. The summed E-state index contributed by atoms with van der Waals surface area (Å²) in [5, 5.41) is 11.4. The van der Waals surface area contributed by atoms with E-state index in [0.29, 0.717) is 5.33 Å². The molecule has 0 aromatic rings. The van der Waals surface area contributed by atoms with Crippen LogP contribution in [0.1, 0.15) is 0 Å². The van der Waals surface area contributed by atoms with Crippen molar-refractivity contribution in [1.82, 2.24) is 5.12 Å². The van der Waals surface area contributed by atoms with Crippen LogP contribution in [-0.2, 0) is 0 Å². The number of halogens is 1. The van der Waals surface area contributed by atoms with E-state index in [1.165, 1.54) is 0 Å². The van der Waals surface area contributed by atoms with Gasteiger partial charge in [-0.15, -0.1) is 0 Å². The first-order valence-electron chi connectivity index (χ1n) is 2.77. The molecule has 0 heterocycles. The molecular weight excluding hydrogens is 234 g/mol.